The Morgan fingerprint density at radius 3 is 2.21 bits per heavy atom. The number of nitrogens with one attached hydrogen (secondary N) is 3. The zero-order valence-corrected chi connectivity index (χ0v) is 39.4. The number of aromatic nitrogens is 1. The molecule has 1 saturated heterocycles. The van der Waals surface area contributed by atoms with Crippen LogP contribution in [0.1, 0.15) is 93.4 Å². The minimum atomic E-state index is -4.99. The van der Waals surface area contributed by atoms with Gasteiger partial charge in [-0.1, -0.05) is 26.0 Å². The van der Waals surface area contributed by atoms with Crippen LogP contribution in [0.3, 0.4) is 0 Å². The van der Waals surface area contributed by atoms with Gasteiger partial charge in [0.25, 0.3) is 5.91 Å². The van der Waals surface area contributed by atoms with Gasteiger partial charge < -0.3 is 39.2 Å². The number of pyridine rings is 1. The van der Waals surface area contributed by atoms with E-state index in [1.165, 1.54) is 32.2 Å². The summed E-state index contributed by atoms with van der Waals surface area (Å²) in [7, 11) is -2.86. The maximum atomic E-state index is 14.9. The van der Waals surface area contributed by atoms with Gasteiger partial charge in [0.15, 0.2) is 5.75 Å². The van der Waals surface area contributed by atoms with Crippen LogP contribution in [-0.4, -0.2) is 114 Å². The fraction of sp³-hybridized carbons (Fsp3) is 0.636. The van der Waals surface area contributed by atoms with E-state index in [2.05, 4.69) is 25.1 Å². The Labute approximate surface area is 388 Å². The van der Waals surface area contributed by atoms with E-state index in [1.54, 1.807) is 19.1 Å². The van der Waals surface area contributed by atoms with Crippen molar-refractivity contribution in [2.45, 2.75) is 145 Å². The molecule has 376 valence electrons. The summed E-state index contributed by atoms with van der Waals surface area (Å²) in [6.07, 6.45) is -8.35. The van der Waals surface area contributed by atoms with E-state index >= 15 is 0 Å². The number of carbonyl (C=O) groups excluding carboxylic acids is 5. The number of nitrogens with zero attached hydrogens (tertiary/aromatic N) is 2. The molecule has 68 heavy (non-hydrogen) atoms. The smallest absolute Gasteiger partial charge is 0.497 e. The number of alkyl carbamates (subject to hydrolysis) is 1. The minimum Gasteiger partial charge on any atom is -0.497 e. The van der Waals surface area contributed by atoms with Crippen molar-refractivity contribution in [2.75, 3.05) is 13.7 Å². The number of halogens is 6. The number of benzene rings is 1. The average molecular weight is 992 g/mol. The summed E-state index contributed by atoms with van der Waals surface area (Å²) in [4.78, 5) is 74.7. The van der Waals surface area contributed by atoms with Crippen molar-refractivity contribution in [3.63, 3.8) is 0 Å². The van der Waals surface area contributed by atoms with Crippen molar-refractivity contribution < 1.29 is 82.4 Å². The molecule has 3 heterocycles. The largest absolute Gasteiger partial charge is 0.514 e. The molecule has 4 aliphatic rings. The van der Waals surface area contributed by atoms with E-state index in [0.29, 0.717) is 53.4 Å². The molecule has 0 bridgehead atoms. The van der Waals surface area contributed by atoms with Crippen molar-refractivity contribution in [2.24, 2.45) is 17.8 Å². The van der Waals surface area contributed by atoms with Crippen molar-refractivity contribution in [1.82, 2.24) is 25.2 Å². The first-order valence-corrected chi connectivity index (χ1v) is 23.3. The normalized spacial score (nSPS) is 27.2. The lowest BCUT2D eigenvalue weighted by Crippen LogP contribution is -2.59. The molecule has 24 heteroatoms. The zero-order valence-electron chi connectivity index (χ0n) is 38.6. The highest BCUT2D eigenvalue weighted by atomic mass is 32.2. The molecule has 7 atom stereocenters. The van der Waals surface area contributed by atoms with Crippen LogP contribution in [-0.2, 0) is 33.9 Å². The van der Waals surface area contributed by atoms with E-state index in [4.69, 9.17) is 18.9 Å². The van der Waals surface area contributed by atoms with Crippen molar-refractivity contribution in [1.29, 1.82) is 0 Å². The molecule has 0 unspecified atom stereocenters. The van der Waals surface area contributed by atoms with Crippen LogP contribution in [0.15, 0.2) is 36.5 Å². The molecule has 0 radical (unpaired) electrons. The van der Waals surface area contributed by atoms with Crippen LogP contribution in [0.4, 0.5) is 35.9 Å². The number of methoxy groups -OCH3 is 1. The molecule has 6 rings (SSSR count). The summed E-state index contributed by atoms with van der Waals surface area (Å²) >= 11 is 0. The fourth-order valence-corrected chi connectivity index (χ4v) is 9.36. The third-order valence-electron chi connectivity index (χ3n) is 13.1. The number of ether oxygens (including phenoxy) is 5. The molecule has 0 spiro atoms. The summed E-state index contributed by atoms with van der Waals surface area (Å²) in [5.74, 6) is -4.73. The standard InChI is InChI=1S/C44H55F6N5O12S/c1-23-11-9-10-12-25-20-42(25,36(58)54-68(61,62)41(7)15-16-41)53-33(56)30-19-27(22-55(30)35(57)32(24(2)17-23)52-37(59)66-39(3,4)43(45,46)47)64-34-28-14-13-26(63-8)18-29(28)31(21-51-34)65-38(60)67-40(5,6)44(48,49)50/h10,12-14,18,21,23-25,27,30,32H,9,11,15-17,19-20,22H2,1-8H3,(H,52,59)(H,53,56)(H,54,58)/b12-10-/t23-,24-,25-,27-,30+,32+,42-/m1/s1. The number of allylic oxidation sites excluding steroid dienone is 1. The van der Waals surface area contributed by atoms with Gasteiger partial charge in [0.05, 0.1) is 24.6 Å². The number of fused-ring (bicyclic) bond motifs is 3. The van der Waals surface area contributed by atoms with Gasteiger partial charge in [-0.05, 0) is 103 Å². The minimum absolute atomic E-state index is 0.000534. The lowest BCUT2D eigenvalue weighted by molar-refractivity contribution is -0.247. The van der Waals surface area contributed by atoms with Crippen LogP contribution in [0.5, 0.6) is 17.4 Å². The Morgan fingerprint density at radius 1 is 0.941 bits per heavy atom. The van der Waals surface area contributed by atoms with E-state index in [1.807, 2.05) is 6.92 Å². The van der Waals surface area contributed by atoms with Crippen LogP contribution < -0.4 is 29.6 Å². The zero-order chi connectivity index (χ0) is 50.6. The second kappa shape index (κ2) is 18.4. The number of hydrogen-bond donors (Lipinski definition) is 3. The molecule has 17 nitrogen and oxygen atoms in total. The molecule has 2 aliphatic carbocycles. The number of amides is 4. The van der Waals surface area contributed by atoms with Crippen LogP contribution in [0.25, 0.3) is 10.8 Å². The van der Waals surface area contributed by atoms with Gasteiger partial charge in [-0.15, -0.1) is 0 Å². The monoisotopic (exact) mass is 991 g/mol. The third-order valence-corrected chi connectivity index (χ3v) is 15.2. The lowest BCUT2D eigenvalue weighted by Gasteiger charge is -2.34. The highest BCUT2D eigenvalue weighted by Gasteiger charge is 2.63. The molecule has 3 N–H and O–H groups in total. The number of rotatable bonds is 10. The molecule has 4 amide bonds. The van der Waals surface area contributed by atoms with Crippen molar-refractivity contribution in [3.8, 4) is 17.4 Å². The van der Waals surface area contributed by atoms with Crippen LogP contribution in [0, 0.1) is 17.8 Å². The molecule has 2 saturated carbocycles. The maximum absolute atomic E-state index is 14.9. The molecular weight excluding hydrogens is 937 g/mol. The predicted molar refractivity (Wildman–Crippen MR) is 229 cm³/mol. The average Bonchev–Trinajstić information content (AvgIpc) is 4.10. The first-order chi connectivity index (χ1) is 31.3. The van der Waals surface area contributed by atoms with E-state index < -0.39 is 110 Å². The highest BCUT2D eigenvalue weighted by molar-refractivity contribution is 7.91. The van der Waals surface area contributed by atoms with Gasteiger partial charge in [0, 0.05) is 23.1 Å². The molecule has 2 aromatic rings. The predicted octanol–water partition coefficient (Wildman–Crippen LogP) is 6.77. The lowest BCUT2D eigenvalue weighted by atomic mass is 9.88. The Morgan fingerprint density at radius 2 is 1.59 bits per heavy atom. The second-order valence-electron chi connectivity index (χ2n) is 19.3. The van der Waals surface area contributed by atoms with Gasteiger partial charge >= 0.3 is 24.6 Å². The van der Waals surface area contributed by atoms with Crippen LogP contribution in [0.2, 0.25) is 0 Å². The van der Waals surface area contributed by atoms with Gasteiger partial charge in [0.1, 0.15) is 29.5 Å². The Bertz CT molecular complexity index is 2460. The van der Waals surface area contributed by atoms with Crippen LogP contribution >= 0.6 is 0 Å². The van der Waals surface area contributed by atoms with E-state index in [0.717, 1.165) is 11.1 Å². The number of sulfonamides is 1. The number of alkyl halides is 6. The SMILES string of the molecule is COc1ccc2c(O[C@@H]3C[C@H]4C(=O)N[C@]5(C(=O)NS(=O)(=O)C6(C)CC6)C[C@H]5/C=C\CC[C@@H](C)C[C@@H](C)[C@H](NC(=O)OC(C)(C)C(F)(F)F)C(=O)N4C3)ncc(OC(=O)OC(C)(C)C(F)(F)F)c2c1. The molecule has 2 aliphatic heterocycles. The highest BCUT2D eigenvalue weighted by Crippen LogP contribution is 2.48. The molecule has 3 fully saturated rings. The third kappa shape index (κ3) is 10.8. The van der Waals surface area contributed by atoms with Gasteiger partial charge in [-0.25, -0.2) is 23.0 Å². The topological polar surface area (TPSA) is 218 Å². The summed E-state index contributed by atoms with van der Waals surface area (Å²) in [6.45, 7) is 7.04. The summed E-state index contributed by atoms with van der Waals surface area (Å²) in [5.41, 5.74) is -7.68. The van der Waals surface area contributed by atoms with Crippen molar-refractivity contribution in [3.05, 3.63) is 36.5 Å². The number of carbonyl (C=O) groups is 5. The summed E-state index contributed by atoms with van der Waals surface area (Å²) in [6, 6.07) is 1.17. The first-order valence-electron chi connectivity index (χ1n) is 21.9. The second-order valence-corrected chi connectivity index (χ2v) is 21.5. The molecule has 1 aromatic heterocycles. The quantitative estimate of drug-likeness (QED) is 0.127. The maximum Gasteiger partial charge on any atom is 0.514 e. The van der Waals surface area contributed by atoms with Gasteiger partial charge in [-0.2, -0.15) is 26.3 Å². The summed E-state index contributed by atoms with van der Waals surface area (Å²) < 4.78 is 136. The fourth-order valence-electron chi connectivity index (χ4n) is 8.05. The Kier molecular flexibility index (Phi) is 14.0. The van der Waals surface area contributed by atoms with E-state index in [9.17, 15) is 58.7 Å². The van der Waals surface area contributed by atoms with Crippen molar-refractivity contribution >= 4 is 50.8 Å². The van der Waals surface area contributed by atoms with Gasteiger partial charge in [-0.3, -0.25) is 19.1 Å². The first kappa shape index (κ1) is 51.8. The van der Waals surface area contributed by atoms with E-state index in [-0.39, 0.29) is 53.3 Å². The Balaban J connectivity index is 1.36. The Hall–Kier alpha value is -5.55. The molecule has 1 aromatic carbocycles. The molecular formula is C44H55F6N5O12S. The number of hydrogen-bond acceptors (Lipinski definition) is 13. The summed E-state index contributed by atoms with van der Waals surface area (Å²) in [5, 5.41) is 5.17. The van der Waals surface area contributed by atoms with Gasteiger partial charge in [0.2, 0.25) is 38.9 Å².